The minimum atomic E-state index is -0.0672. The number of hydrogen-bond acceptors (Lipinski definition) is 4. The summed E-state index contributed by atoms with van der Waals surface area (Å²) in [7, 11) is 0. The molecule has 1 aromatic rings. The van der Waals surface area contributed by atoms with E-state index in [2.05, 4.69) is 19.2 Å². The van der Waals surface area contributed by atoms with Gasteiger partial charge in [0.1, 0.15) is 5.78 Å². The number of nitrogens with one attached hydrogen (secondary N) is 1. The molecule has 164 valence electrons. The van der Waals surface area contributed by atoms with Crippen LogP contribution >= 0.6 is 0 Å². The van der Waals surface area contributed by atoms with E-state index in [4.69, 9.17) is 9.47 Å². The minimum Gasteiger partial charge on any atom is -0.379 e. The smallest absolute Gasteiger partial charge is 0.251 e. The van der Waals surface area contributed by atoms with Gasteiger partial charge >= 0.3 is 0 Å². The maximum Gasteiger partial charge on any atom is 0.251 e. The van der Waals surface area contributed by atoms with E-state index in [0.717, 1.165) is 25.9 Å². The lowest BCUT2D eigenvalue weighted by atomic mass is 9.87. The zero-order chi connectivity index (χ0) is 21.3. The molecule has 0 atom stereocenters. The molecule has 2 rings (SSSR count). The van der Waals surface area contributed by atoms with Crippen molar-refractivity contribution in [2.45, 2.75) is 59.3 Å². The van der Waals surface area contributed by atoms with Gasteiger partial charge < -0.3 is 14.8 Å². The number of ether oxygens (including phenoxy) is 2. The van der Waals surface area contributed by atoms with Crippen LogP contribution in [0.5, 0.6) is 0 Å². The van der Waals surface area contributed by atoms with Crippen molar-refractivity contribution in [1.82, 2.24) is 5.32 Å². The maximum atomic E-state index is 11.7. The molecule has 1 aliphatic rings. The van der Waals surface area contributed by atoms with Gasteiger partial charge in [-0.25, -0.2) is 0 Å². The summed E-state index contributed by atoms with van der Waals surface area (Å²) < 4.78 is 10.8. The van der Waals surface area contributed by atoms with Crippen LogP contribution in [0.3, 0.4) is 0 Å². The van der Waals surface area contributed by atoms with E-state index in [9.17, 15) is 9.59 Å². The van der Waals surface area contributed by atoms with Crippen molar-refractivity contribution in [2.75, 3.05) is 33.0 Å². The zero-order valence-corrected chi connectivity index (χ0v) is 18.5. The quantitative estimate of drug-likeness (QED) is 0.544. The van der Waals surface area contributed by atoms with E-state index in [1.165, 1.54) is 19.3 Å². The molecule has 0 spiro atoms. The number of Topliss-reactive ketones (excluding diaryl/α,β-unsaturated/α-hetero) is 1. The number of hydrogen-bond donors (Lipinski definition) is 1. The van der Waals surface area contributed by atoms with Crippen molar-refractivity contribution < 1.29 is 19.1 Å². The van der Waals surface area contributed by atoms with Crippen LogP contribution in [0.25, 0.3) is 0 Å². The third kappa shape index (κ3) is 13.2. The standard InChI is InChI=1S/C16H25NO3.C8H14O/c1-14(2)8-10-19-12-13-20-11-9-17-16(18)15-6-4-3-5-7-15;1-7(9)8-5-3-2-4-6-8/h3-7,14H,8-13H2,1-2H3,(H,17,18);8H,2-6H2,1H3. The molecule has 1 saturated carbocycles. The Hall–Kier alpha value is -1.72. The number of ketones is 1. The Labute approximate surface area is 176 Å². The molecular formula is C24H39NO4. The van der Waals surface area contributed by atoms with Crippen LogP contribution in [0.2, 0.25) is 0 Å². The SMILES string of the molecule is CC(=O)C1CCCCC1.CC(C)CCOCCOCCNC(=O)c1ccccc1. The second kappa shape index (κ2) is 16.1. The molecular weight excluding hydrogens is 366 g/mol. The summed E-state index contributed by atoms with van der Waals surface area (Å²) in [5.74, 6) is 1.42. The molecule has 29 heavy (non-hydrogen) atoms. The molecule has 1 aliphatic carbocycles. The molecule has 0 aliphatic heterocycles. The average molecular weight is 406 g/mol. The summed E-state index contributed by atoms with van der Waals surface area (Å²) in [4.78, 5) is 22.5. The van der Waals surface area contributed by atoms with Gasteiger partial charge in [0.2, 0.25) is 0 Å². The Balaban J connectivity index is 0.000000387. The van der Waals surface area contributed by atoms with Gasteiger partial charge in [0.25, 0.3) is 5.91 Å². The predicted octanol–water partition coefficient (Wildman–Crippen LogP) is 4.65. The fourth-order valence-electron chi connectivity index (χ4n) is 3.08. The Morgan fingerprint density at radius 3 is 2.14 bits per heavy atom. The van der Waals surface area contributed by atoms with Gasteiger partial charge in [-0.1, -0.05) is 51.3 Å². The first-order chi connectivity index (χ1) is 14.0. The van der Waals surface area contributed by atoms with Crippen molar-refractivity contribution in [1.29, 1.82) is 0 Å². The normalized spacial score (nSPS) is 14.2. The van der Waals surface area contributed by atoms with Gasteiger partial charge in [-0.3, -0.25) is 9.59 Å². The van der Waals surface area contributed by atoms with E-state index in [1.807, 2.05) is 18.2 Å². The summed E-state index contributed by atoms with van der Waals surface area (Å²) in [5.41, 5.74) is 0.671. The molecule has 0 radical (unpaired) electrons. The van der Waals surface area contributed by atoms with Gasteiger partial charge in [-0.2, -0.15) is 0 Å². The topological polar surface area (TPSA) is 64.6 Å². The van der Waals surface area contributed by atoms with E-state index < -0.39 is 0 Å². The number of rotatable bonds is 11. The summed E-state index contributed by atoms with van der Waals surface area (Å²) in [6.07, 6.45) is 7.25. The molecule has 0 bridgehead atoms. The van der Waals surface area contributed by atoms with Gasteiger partial charge in [0.15, 0.2) is 0 Å². The molecule has 0 unspecified atom stereocenters. The highest BCUT2D eigenvalue weighted by molar-refractivity contribution is 5.94. The highest BCUT2D eigenvalue weighted by Gasteiger charge is 2.16. The molecule has 5 heteroatoms. The molecule has 5 nitrogen and oxygen atoms in total. The van der Waals surface area contributed by atoms with Crippen LogP contribution in [0.4, 0.5) is 0 Å². The third-order valence-corrected chi connectivity index (χ3v) is 4.96. The molecule has 0 heterocycles. The molecule has 1 amide bonds. The van der Waals surface area contributed by atoms with Gasteiger partial charge in [0.05, 0.1) is 19.8 Å². The Bertz CT molecular complexity index is 553. The highest BCUT2D eigenvalue weighted by atomic mass is 16.5. The van der Waals surface area contributed by atoms with Crippen LogP contribution < -0.4 is 5.32 Å². The van der Waals surface area contributed by atoms with E-state index in [-0.39, 0.29) is 5.91 Å². The summed E-state index contributed by atoms with van der Waals surface area (Å²) in [6.45, 7) is 9.05. The lowest BCUT2D eigenvalue weighted by Crippen LogP contribution is -2.27. The van der Waals surface area contributed by atoms with E-state index in [1.54, 1.807) is 19.1 Å². The van der Waals surface area contributed by atoms with Crippen molar-refractivity contribution in [3.8, 4) is 0 Å². The van der Waals surface area contributed by atoms with Gasteiger partial charge in [-0.05, 0) is 44.2 Å². The second-order valence-corrected chi connectivity index (χ2v) is 7.97. The van der Waals surface area contributed by atoms with Crippen LogP contribution in [-0.2, 0) is 14.3 Å². The monoisotopic (exact) mass is 405 g/mol. The fourth-order valence-corrected chi connectivity index (χ4v) is 3.08. The number of amides is 1. The number of carbonyl (C=O) groups excluding carboxylic acids is 2. The third-order valence-electron chi connectivity index (χ3n) is 4.96. The van der Waals surface area contributed by atoms with Crippen LogP contribution in [0, 0.1) is 11.8 Å². The van der Waals surface area contributed by atoms with E-state index in [0.29, 0.717) is 49.5 Å². The lowest BCUT2D eigenvalue weighted by Gasteiger charge is -2.17. The van der Waals surface area contributed by atoms with Crippen molar-refractivity contribution in [3.63, 3.8) is 0 Å². The van der Waals surface area contributed by atoms with Crippen LogP contribution in [0.15, 0.2) is 30.3 Å². The summed E-state index contributed by atoms with van der Waals surface area (Å²) in [6, 6.07) is 9.16. The lowest BCUT2D eigenvalue weighted by molar-refractivity contribution is -0.121. The molecule has 0 saturated heterocycles. The number of carbonyl (C=O) groups is 2. The van der Waals surface area contributed by atoms with Crippen molar-refractivity contribution in [3.05, 3.63) is 35.9 Å². The number of benzene rings is 1. The Morgan fingerprint density at radius 2 is 1.59 bits per heavy atom. The molecule has 0 aromatic heterocycles. The molecule has 1 fully saturated rings. The first-order valence-corrected chi connectivity index (χ1v) is 11.0. The second-order valence-electron chi connectivity index (χ2n) is 7.97. The van der Waals surface area contributed by atoms with Gasteiger partial charge in [-0.15, -0.1) is 0 Å². The van der Waals surface area contributed by atoms with Crippen molar-refractivity contribution in [2.24, 2.45) is 11.8 Å². The van der Waals surface area contributed by atoms with Crippen LogP contribution in [-0.4, -0.2) is 44.7 Å². The minimum absolute atomic E-state index is 0.0672. The Kier molecular flexibility index (Phi) is 14.1. The first kappa shape index (κ1) is 25.3. The van der Waals surface area contributed by atoms with Gasteiger partial charge in [0, 0.05) is 24.6 Å². The average Bonchev–Trinajstić information content (AvgIpc) is 2.74. The largest absolute Gasteiger partial charge is 0.379 e. The maximum absolute atomic E-state index is 11.7. The summed E-state index contributed by atoms with van der Waals surface area (Å²) >= 11 is 0. The zero-order valence-electron chi connectivity index (χ0n) is 18.5. The van der Waals surface area contributed by atoms with Crippen LogP contribution in [0.1, 0.15) is 69.7 Å². The highest BCUT2D eigenvalue weighted by Crippen LogP contribution is 2.23. The molecule has 1 N–H and O–H groups in total. The predicted molar refractivity (Wildman–Crippen MR) is 117 cm³/mol. The molecule has 1 aromatic carbocycles. The fraction of sp³-hybridized carbons (Fsp3) is 0.667. The Morgan fingerprint density at radius 1 is 0.966 bits per heavy atom. The van der Waals surface area contributed by atoms with E-state index >= 15 is 0 Å². The van der Waals surface area contributed by atoms with Crippen molar-refractivity contribution >= 4 is 11.7 Å². The first-order valence-electron chi connectivity index (χ1n) is 11.0. The summed E-state index contributed by atoms with van der Waals surface area (Å²) in [5, 5.41) is 2.81.